The third kappa shape index (κ3) is 3.47. The van der Waals surface area contributed by atoms with E-state index in [4.69, 9.17) is 0 Å². The molecule has 5 heteroatoms. The number of para-hydroxylation sites is 1. The molecule has 112 valence electrons. The molecule has 2 rings (SSSR count). The van der Waals surface area contributed by atoms with Gasteiger partial charge in [0, 0.05) is 4.47 Å². The van der Waals surface area contributed by atoms with E-state index in [1.165, 1.54) is 0 Å². The molecule has 0 unspecified atom stereocenters. The molecule has 0 fully saturated rings. The third-order valence-electron chi connectivity index (χ3n) is 3.42. The zero-order valence-electron chi connectivity index (χ0n) is 12.3. The SMILES string of the molecule is CCc1cccc(C)c1NS(=O)(=O)c1ccc(Br)c(C)c1. The van der Waals surface area contributed by atoms with Crippen LogP contribution in [0.5, 0.6) is 0 Å². The second-order valence-corrected chi connectivity index (χ2v) is 7.52. The second kappa shape index (κ2) is 6.20. The maximum Gasteiger partial charge on any atom is 0.261 e. The van der Waals surface area contributed by atoms with Gasteiger partial charge in [-0.3, -0.25) is 4.72 Å². The van der Waals surface area contributed by atoms with Crippen LogP contribution in [0.4, 0.5) is 5.69 Å². The van der Waals surface area contributed by atoms with Gasteiger partial charge in [-0.15, -0.1) is 0 Å². The van der Waals surface area contributed by atoms with Gasteiger partial charge in [0.2, 0.25) is 0 Å². The molecule has 0 aromatic heterocycles. The smallest absolute Gasteiger partial charge is 0.261 e. The van der Waals surface area contributed by atoms with E-state index in [0.29, 0.717) is 5.69 Å². The van der Waals surface area contributed by atoms with Crippen LogP contribution in [-0.2, 0) is 16.4 Å². The first-order valence-electron chi connectivity index (χ1n) is 6.72. The zero-order chi connectivity index (χ0) is 15.6. The topological polar surface area (TPSA) is 46.2 Å². The predicted octanol–water partition coefficient (Wildman–Crippen LogP) is 4.43. The van der Waals surface area contributed by atoms with Crippen molar-refractivity contribution in [1.29, 1.82) is 0 Å². The lowest BCUT2D eigenvalue weighted by atomic mass is 10.1. The van der Waals surface area contributed by atoms with Gasteiger partial charge in [0.15, 0.2) is 0 Å². The number of hydrogen-bond donors (Lipinski definition) is 1. The maximum absolute atomic E-state index is 12.6. The number of halogens is 1. The minimum Gasteiger partial charge on any atom is -0.279 e. The highest BCUT2D eigenvalue weighted by molar-refractivity contribution is 9.10. The van der Waals surface area contributed by atoms with E-state index in [0.717, 1.165) is 27.6 Å². The van der Waals surface area contributed by atoms with Crippen molar-refractivity contribution in [1.82, 2.24) is 0 Å². The van der Waals surface area contributed by atoms with Gasteiger partial charge in [0.05, 0.1) is 10.6 Å². The average Bonchev–Trinajstić information content (AvgIpc) is 2.43. The van der Waals surface area contributed by atoms with Crippen LogP contribution in [0, 0.1) is 13.8 Å². The molecule has 0 spiro atoms. The van der Waals surface area contributed by atoms with Crippen LogP contribution in [-0.4, -0.2) is 8.42 Å². The highest BCUT2D eigenvalue weighted by Gasteiger charge is 2.17. The van der Waals surface area contributed by atoms with Gasteiger partial charge in [0.25, 0.3) is 10.0 Å². The number of aryl methyl sites for hydroxylation is 3. The number of rotatable bonds is 4. The van der Waals surface area contributed by atoms with Crippen molar-refractivity contribution in [3.05, 3.63) is 57.6 Å². The van der Waals surface area contributed by atoms with E-state index in [1.54, 1.807) is 18.2 Å². The van der Waals surface area contributed by atoms with Crippen LogP contribution >= 0.6 is 15.9 Å². The fraction of sp³-hybridized carbons (Fsp3) is 0.250. The van der Waals surface area contributed by atoms with Crippen LogP contribution in [0.25, 0.3) is 0 Å². The maximum atomic E-state index is 12.6. The van der Waals surface area contributed by atoms with Crippen LogP contribution in [0.15, 0.2) is 45.8 Å². The van der Waals surface area contributed by atoms with Crippen molar-refractivity contribution in [2.75, 3.05) is 4.72 Å². The fourth-order valence-electron chi connectivity index (χ4n) is 2.15. The molecular weight excluding hydrogens is 350 g/mol. The monoisotopic (exact) mass is 367 g/mol. The number of sulfonamides is 1. The van der Waals surface area contributed by atoms with E-state index >= 15 is 0 Å². The van der Waals surface area contributed by atoms with Crippen LogP contribution < -0.4 is 4.72 Å². The van der Waals surface area contributed by atoms with Gasteiger partial charge < -0.3 is 0 Å². The normalized spacial score (nSPS) is 11.4. The first-order chi connectivity index (χ1) is 9.85. The highest BCUT2D eigenvalue weighted by atomic mass is 79.9. The Hall–Kier alpha value is -1.33. The van der Waals surface area contributed by atoms with E-state index in [1.807, 2.05) is 39.0 Å². The van der Waals surface area contributed by atoms with Crippen molar-refractivity contribution in [3.8, 4) is 0 Å². The molecule has 1 N–H and O–H groups in total. The molecule has 2 aromatic rings. The lowest BCUT2D eigenvalue weighted by molar-refractivity contribution is 0.601. The van der Waals surface area contributed by atoms with Crippen molar-refractivity contribution in [2.24, 2.45) is 0 Å². The summed E-state index contributed by atoms with van der Waals surface area (Å²) in [6.45, 7) is 5.79. The zero-order valence-corrected chi connectivity index (χ0v) is 14.7. The molecule has 3 nitrogen and oxygen atoms in total. The third-order valence-corrected chi connectivity index (χ3v) is 5.65. The Bertz CT molecular complexity index is 770. The van der Waals surface area contributed by atoms with Crippen LogP contribution in [0.2, 0.25) is 0 Å². The molecular formula is C16H18BrNO2S. The number of nitrogens with one attached hydrogen (secondary N) is 1. The summed E-state index contributed by atoms with van der Waals surface area (Å²) in [7, 11) is -3.58. The summed E-state index contributed by atoms with van der Waals surface area (Å²) >= 11 is 3.38. The predicted molar refractivity (Wildman–Crippen MR) is 90.2 cm³/mol. The summed E-state index contributed by atoms with van der Waals surface area (Å²) in [6.07, 6.45) is 0.777. The molecule has 0 atom stereocenters. The Kier molecular flexibility index (Phi) is 4.74. The molecule has 0 aliphatic carbocycles. The molecule has 0 saturated carbocycles. The highest BCUT2D eigenvalue weighted by Crippen LogP contribution is 2.26. The number of benzene rings is 2. The molecule has 0 radical (unpaired) electrons. The average molecular weight is 368 g/mol. The molecule has 21 heavy (non-hydrogen) atoms. The summed E-state index contributed by atoms with van der Waals surface area (Å²) in [6, 6.07) is 10.8. The molecule has 0 aliphatic rings. The molecule has 0 heterocycles. The first-order valence-corrected chi connectivity index (χ1v) is 9.00. The summed E-state index contributed by atoms with van der Waals surface area (Å²) in [5.74, 6) is 0. The van der Waals surface area contributed by atoms with Crippen LogP contribution in [0.1, 0.15) is 23.6 Å². The summed E-state index contributed by atoms with van der Waals surface area (Å²) in [5, 5.41) is 0. The lowest BCUT2D eigenvalue weighted by Crippen LogP contribution is -2.15. The van der Waals surface area contributed by atoms with Crippen molar-refractivity contribution < 1.29 is 8.42 Å². The van der Waals surface area contributed by atoms with Crippen molar-refractivity contribution in [2.45, 2.75) is 32.1 Å². The molecule has 0 bridgehead atoms. The number of hydrogen-bond acceptors (Lipinski definition) is 2. The van der Waals surface area contributed by atoms with Gasteiger partial charge >= 0.3 is 0 Å². The van der Waals surface area contributed by atoms with Crippen molar-refractivity contribution >= 4 is 31.6 Å². The van der Waals surface area contributed by atoms with Gasteiger partial charge in [-0.25, -0.2) is 8.42 Å². The Morgan fingerprint density at radius 3 is 2.43 bits per heavy atom. The summed E-state index contributed by atoms with van der Waals surface area (Å²) in [5.41, 5.74) is 3.48. The van der Waals surface area contributed by atoms with E-state index in [2.05, 4.69) is 20.7 Å². The first kappa shape index (κ1) is 16.0. The molecule has 0 amide bonds. The molecule has 0 aliphatic heterocycles. The summed E-state index contributed by atoms with van der Waals surface area (Å²) < 4.78 is 28.7. The van der Waals surface area contributed by atoms with Crippen LogP contribution in [0.3, 0.4) is 0 Å². The van der Waals surface area contributed by atoms with Gasteiger partial charge in [-0.1, -0.05) is 41.1 Å². The quantitative estimate of drug-likeness (QED) is 0.868. The van der Waals surface area contributed by atoms with Gasteiger partial charge in [-0.05, 0) is 55.2 Å². The lowest BCUT2D eigenvalue weighted by Gasteiger charge is -2.15. The number of anilines is 1. The van der Waals surface area contributed by atoms with Gasteiger partial charge in [-0.2, -0.15) is 0 Å². The Labute approximate surface area is 134 Å². The Morgan fingerprint density at radius 2 is 1.81 bits per heavy atom. The van der Waals surface area contributed by atoms with Gasteiger partial charge in [0.1, 0.15) is 0 Å². The molecule has 0 saturated heterocycles. The second-order valence-electron chi connectivity index (χ2n) is 4.98. The van der Waals surface area contributed by atoms with E-state index in [9.17, 15) is 8.42 Å². The van der Waals surface area contributed by atoms with E-state index < -0.39 is 10.0 Å². The van der Waals surface area contributed by atoms with Crippen molar-refractivity contribution in [3.63, 3.8) is 0 Å². The molecule has 2 aromatic carbocycles. The largest absolute Gasteiger partial charge is 0.279 e. The standard InChI is InChI=1S/C16H18BrNO2S/c1-4-13-7-5-6-11(2)16(13)18-21(19,20)14-8-9-15(17)12(3)10-14/h5-10,18H,4H2,1-3H3. The van der Waals surface area contributed by atoms with E-state index in [-0.39, 0.29) is 4.90 Å². The summed E-state index contributed by atoms with van der Waals surface area (Å²) in [4.78, 5) is 0.272. The minimum atomic E-state index is -3.58. The minimum absolute atomic E-state index is 0.272. The Morgan fingerprint density at radius 1 is 1.10 bits per heavy atom. The fourth-order valence-corrected chi connectivity index (χ4v) is 3.65. The Balaban J connectivity index is 2.44.